The molecule has 0 bridgehead atoms. The van der Waals surface area contributed by atoms with Gasteiger partial charge in [0, 0.05) is 42.2 Å². The molecule has 1 fully saturated rings. The molecule has 1 N–H and O–H groups in total. The van der Waals surface area contributed by atoms with Crippen LogP contribution in [0, 0.1) is 11.6 Å². The minimum atomic E-state index is -0.663. The van der Waals surface area contributed by atoms with Crippen LogP contribution < -0.4 is 10.2 Å². The molecule has 1 amide bonds. The van der Waals surface area contributed by atoms with Gasteiger partial charge in [0.15, 0.2) is 5.65 Å². The van der Waals surface area contributed by atoms with E-state index in [-0.39, 0.29) is 28.4 Å². The summed E-state index contributed by atoms with van der Waals surface area (Å²) in [5.74, 6) is -1.41. The molecule has 3 aromatic heterocycles. The maximum atomic E-state index is 15.3. The molecule has 1 aliphatic rings. The molecule has 31 heavy (non-hydrogen) atoms. The fraction of sp³-hybridized carbons (Fsp3) is 0.273. The van der Waals surface area contributed by atoms with Crippen molar-refractivity contribution in [3.63, 3.8) is 0 Å². The Labute approximate surface area is 176 Å². The number of pyridine rings is 1. The van der Waals surface area contributed by atoms with Crippen LogP contribution in [-0.4, -0.2) is 44.6 Å². The first kappa shape index (κ1) is 19.3. The van der Waals surface area contributed by atoms with E-state index in [1.807, 2.05) is 11.8 Å². The zero-order valence-corrected chi connectivity index (χ0v) is 17.0. The molecule has 1 saturated heterocycles. The first-order valence-corrected chi connectivity index (χ1v) is 10.1. The topological polar surface area (TPSA) is 75.4 Å². The van der Waals surface area contributed by atoms with Gasteiger partial charge in [-0.1, -0.05) is 6.92 Å². The molecule has 4 heterocycles. The number of fused-ring (bicyclic) bond motifs is 2. The lowest BCUT2D eigenvalue weighted by Gasteiger charge is -2.33. The fourth-order valence-electron chi connectivity index (χ4n) is 4.14. The molecular weight excluding hydrogens is 402 g/mol. The number of hydrogen-bond acceptors (Lipinski definition) is 5. The predicted molar refractivity (Wildman–Crippen MR) is 112 cm³/mol. The molecule has 0 radical (unpaired) electrons. The summed E-state index contributed by atoms with van der Waals surface area (Å²) in [5.41, 5.74) is 1.32. The van der Waals surface area contributed by atoms with E-state index in [0.717, 1.165) is 0 Å². The van der Waals surface area contributed by atoms with E-state index in [0.29, 0.717) is 30.2 Å². The van der Waals surface area contributed by atoms with Gasteiger partial charge in [-0.15, -0.1) is 5.10 Å². The molecule has 7 nitrogen and oxygen atoms in total. The first-order valence-electron chi connectivity index (χ1n) is 10.1. The van der Waals surface area contributed by atoms with Crippen molar-refractivity contribution in [1.82, 2.24) is 24.9 Å². The van der Waals surface area contributed by atoms with E-state index < -0.39 is 17.6 Å². The number of halogens is 2. The zero-order chi connectivity index (χ0) is 21.7. The molecule has 5 rings (SSSR count). The van der Waals surface area contributed by atoms with Gasteiger partial charge in [-0.05, 0) is 31.2 Å². The van der Waals surface area contributed by atoms with Crippen molar-refractivity contribution < 1.29 is 13.6 Å². The minimum Gasteiger partial charge on any atom is -0.353 e. The average molecular weight is 422 g/mol. The Morgan fingerprint density at radius 2 is 2.06 bits per heavy atom. The summed E-state index contributed by atoms with van der Waals surface area (Å²) in [6, 6.07) is 7.67. The highest BCUT2D eigenvalue weighted by Gasteiger charge is 2.28. The fourth-order valence-corrected chi connectivity index (χ4v) is 4.14. The van der Waals surface area contributed by atoms with E-state index in [1.165, 1.54) is 12.3 Å². The Hall–Kier alpha value is -3.62. The molecule has 0 aliphatic carbocycles. The zero-order valence-electron chi connectivity index (χ0n) is 17.0. The molecule has 158 valence electrons. The van der Waals surface area contributed by atoms with Crippen LogP contribution in [0.15, 0.2) is 42.7 Å². The SMILES string of the molecule is CC1C(=O)NCCN1c1ccc2ncc([C@@H](C)c3c(F)cc4ncccc4c3F)n2n1. The summed E-state index contributed by atoms with van der Waals surface area (Å²) in [5, 5.41) is 7.75. The molecule has 4 aromatic rings. The molecule has 1 aliphatic heterocycles. The lowest BCUT2D eigenvalue weighted by molar-refractivity contribution is -0.122. The van der Waals surface area contributed by atoms with E-state index >= 15 is 4.39 Å². The van der Waals surface area contributed by atoms with E-state index in [2.05, 4.69) is 20.4 Å². The van der Waals surface area contributed by atoms with Gasteiger partial charge in [0.05, 0.1) is 17.4 Å². The molecule has 9 heteroatoms. The van der Waals surface area contributed by atoms with Crippen LogP contribution in [-0.2, 0) is 4.79 Å². The average Bonchev–Trinajstić information content (AvgIpc) is 3.19. The number of rotatable bonds is 3. The van der Waals surface area contributed by atoms with Crippen molar-refractivity contribution in [3.8, 4) is 0 Å². The Morgan fingerprint density at radius 1 is 1.23 bits per heavy atom. The summed E-state index contributed by atoms with van der Waals surface area (Å²) in [4.78, 5) is 22.3. The second-order valence-electron chi connectivity index (χ2n) is 7.68. The summed E-state index contributed by atoms with van der Waals surface area (Å²) >= 11 is 0. The molecule has 0 spiro atoms. The number of carbonyl (C=O) groups excluding carboxylic acids is 1. The van der Waals surface area contributed by atoms with Gasteiger partial charge in [-0.2, -0.15) is 0 Å². The minimum absolute atomic E-state index is 0.0554. The first-order chi connectivity index (χ1) is 15.0. The quantitative estimate of drug-likeness (QED) is 0.549. The third-order valence-corrected chi connectivity index (χ3v) is 5.88. The second kappa shape index (κ2) is 7.26. The van der Waals surface area contributed by atoms with Gasteiger partial charge in [0.1, 0.15) is 23.5 Å². The molecule has 1 aromatic carbocycles. The molecule has 1 unspecified atom stereocenters. The van der Waals surface area contributed by atoms with E-state index in [4.69, 9.17) is 0 Å². The van der Waals surface area contributed by atoms with Crippen LogP contribution in [0.2, 0.25) is 0 Å². The number of carbonyl (C=O) groups is 1. The van der Waals surface area contributed by atoms with Gasteiger partial charge in [-0.3, -0.25) is 9.78 Å². The lowest BCUT2D eigenvalue weighted by Crippen LogP contribution is -2.54. The number of imidazole rings is 1. The lowest BCUT2D eigenvalue weighted by atomic mass is 9.95. The largest absolute Gasteiger partial charge is 0.353 e. The summed E-state index contributed by atoms with van der Waals surface area (Å²) in [6.45, 7) is 4.67. The van der Waals surface area contributed by atoms with Crippen molar-refractivity contribution in [1.29, 1.82) is 0 Å². The van der Waals surface area contributed by atoms with Gasteiger partial charge >= 0.3 is 0 Å². The third-order valence-electron chi connectivity index (χ3n) is 5.88. The number of aromatic nitrogens is 4. The Kier molecular flexibility index (Phi) is 4.53. The van der Waals surface area contributed by atoms with Crippen molar-refractivity contribution >= 4 is 28.3 Å². The van der Waals surface area contributed by atoms with Gasteiger partial charge in [0.2, 0.25) is 5.91 Å². The number of anilines is 1. The number of amides is 1. The van der Waals surface area contributed by atoms with Crippen molar-refractivity contribution in [2.24, 2.45) is 0 Å². The predicted octanol–water partition coefficient (Wildman–Crippen LogP) is 3.03. The Morgan fingerprint density at radius 3 is 2.90 bits per heavy atom. The van der Waals surface area contributed by atoms with Crippen molar-refractivity contribution in [2.45, 2.75) is 25.8 Å². The number of benzene rings is 1. The second-order valence-corrected chi connectivity index (χ2v) is 7.68. The summed E-state index contributed by atoms with van der Waals surface area (Å²) in [6.07, 6.45) is 3.08. The number of hydrogen-bond donors (Lipinski definition) is 1. The standard InChI is InChI=1S/C22H20F2N6O/c1-12(20-15(23)10-16-14(21(20)24)4-3-7-25-16)17-11-27-18-5-6-19(28-30(17)18)29-9-8-26-22(31)13(29)2/h3-7,10-13H,8-9H2,1-2H3,(H,26,31)/t12-,13?/m1/s1. The van der Waals surface area contributed by atoms with Crippen LogP contribution in [0.3, 0.4) is 0 Å². The maximum absolute atomic E-state index is 15.3. The Balaban J connectivity index is 1.61. The van der Waals surface area contributed by atoms with Crippen LogP contribution in [0.5, 0.6) is 0 Å². The summed E-state index contributed by atoms with van der Waals surface area (Å²) in [7, 11) is 0. The third kappa shape index (κ3) is 3.08. The Bertz CT molecular complexity index is 1320. The number of nitrogens with zero attached hydrogens (tertiary/aromatic N) is 5. The maximum Gasteiger partial charge on any atom is 0.242 e. The van der Waals surface area contributed by atoms with Gasteiger partial charge < -0.3 is 10.2 Å². The number of nitrogens with one attached hydrogen (secondary N) is 1. The number of piperazine rings is 1. The van der Waals surface area contributed by atoms with Crippen LogP contribution in [0.1, 0.15) is 31.0 Å². The van der Waals surface area contributed by atoms with Crippen molar-refractivity contribution in [2.75, 3.05) is 18.0 Å². The van der Waals surface area contributed by atoms with Crippen LogP contribution in [0.25, 0.3) is 16.6 Å². The van der Waals surface area contributed by atoms with E-state index in [9.17, 15) is 9.18 Å². The smallest absolute Gasteiger partial charge is 0.242 e. The monoisotopic (exact) mass is 422 g/mol. The van der Waals surface area contributed by atoms with E-state index in [1.54, 1.807) is 41.9 Å². The molecule has 0 saturated carbocycles. The van der Waals surface area contributed by atoms with Crippen LogP contribution in [0.4, 0.5) is 14.6 Å². The van der Waals surface area contributed by atoms with Crippen LogP contribution >= 0.6 is 0 Å². The highest BCUT2D eigenvalue weighted by atomic mass is 19.1. The summed E-state index contributed by atoms with van der Waals surface area (Å²) < 4.78 is 31.7. The molecular formula is C22H20F2N6O. The van der Waals surface area contributed by atoms with Crippen molar-refractivity contribution in [3.05, 3.63) is 65.6 Å². The highest BCUT2D eigenvalue weighted by molar-refractivity contribution is 5.85. The molecule has 2 atom stereocenters. The van der Waals surface area contributed by atoms with Gasteiger partial charge in [-0.25, -0.2) is 18.3 Å². The highest BCUT2D eigenvalue weighted by Crippen LogP contribution is 2.33. The van der Waals surface area contributed by atoms with Gasteiger partial charge in [0.25, 0.3) is 0 Å². The normalized spacial score (nSPS) is 17.9.